The highest BCUT2D eigenvalue weighted by molar-refractivity contribution is 5.76. The smallest absolute Gasteiger partial charge is 0.222 e. The summed E-state index contributed by atoms with van der Waals surface area (Å²) in [4.78, 5) is 12.3. The molecule has 0 aliphatic heterocycles. The Kier molecular flexibility index (Phi) is 4.27. The van der Waals surface area contributed by atoms with Gasteiger partial charge < -0.3 is 5.32 Å². The van der Waals surface area contributed by atoms with Crippen LogP contribution in [0.15, 0.2) is 30.3 Å². The van der Waals surface area contributed by atoms with Gasteiger partial charge in [0.1, 0.15) is 0 Å². The molecule has 4 heteroatoms. The molecule has 22 heavy (non-hydrogen) atoms. The maximum atomic E-state index is 12.3. The van der Waals surface area contributed by atoms with Crippen molar-refractivity contribution in [1.29, 1.82) is 0 Å². The second kappa shape index (κ2) is 6.34. The van der Waals surface area contributed by atoms with Crippen LogP contribution in [0, 0.1) is 13.8 Å². The Bertz CT molecular complexity index is 675. The molecule has 1 aliphatic carbocycles. The summed E-state index contributed by atoms with van der Waals surface area (Å²) in [5.41, 5.74) is 4.76. The van der Waals surface area contributed by atoms with Crippen molar-refractivity contribution in [3.05, 3.63) is 52.8 Å². The molecule has 4 nitrogen and oxygen atoms in total. The first-order valence-corrected chi connectivity index (χ1v) is 8.01. The normalized spacial score (nSPS) is 17.1. The monoisotopic (exact) mass is 297 g/mol. The van der Waals surface area contributed by atoms with Crippen LogP contribution < -0.4 is 5.32 Å². The lowest BCUT2D eigenvalue weighted by atomic mass is 9.88. The van der Waals surface area contributed by atoms with E-state index in [4.69, 9.17) is 0 Å². The summed E-state index contributed by atoms with van der Waals surface area (Å²) in [5.74, 6) is 0.106. The minimum Gasteiger partial charge on any atom is -0.349 e. The van der Waals surface area contributed by atoms with Crippen LogP contribution in [0.2, 0.25) is 0 Å². The van der Waals surface area contributed by atoms with Gasteiger partial charge >= 0.3 is 0 Å². The second-order valence-corrected chi connectivity index (χ2v) is 6.11. The molecule has 2 aromatic rings. The van der Waals surface area contributed by atoms with Crippen molar-refractivity contribution < 1.29 is 4.79 Å². The van der Waals surface area contributed by atoms with Crippen LogP contribution in [0.1, 0.15) is 47.8 Å². The standard InChI is InChI=1S/C18H23N3O/c1-13-12-14(2)21(20-13)11-10-18(22)19-17-9-5-7-15-6-3-4-8-16(15)17/h3-4,6,8,12,17H,5,7,9-11H2,1-2H3,(H,19,22)/t17-/m0/s1. The summed E-state index contributed by atoms with van der Waals surface area (Å²) >= 11 is 0. The summed E-state index contributed by atoms with van der Waals surface area (Å²) in [5, 5.41) is 7.59. The van der Waals surface area contributed by atoms with Gasteiger partial charge in [-0.25, -0.2) is 0 Å². The van der Waals surface area contributed by atoms with E-state index in [0.29, 0.717) is 13.0 Å². The molecule has 3 rings (SSSR count). The Hall–Kier alpha value is -2.10. The Balaban J connectivity index is 1.60. The van der Waals surface area contributed by atoms with Crippen molar-refractivity contribution >= 4 is 5.91 Å². The number of nitrogens with one attached hydrogen (secondary N) is 1. The number of hydrogen-bond donors (Lipinski definition) is 1. The number of fused-ring (bicyclic) bond motifs is 1. The Morgan fingerprint density at radius 1 is 1.36 bits per heavy atom. The average molecular weight is 297 g/mol. The van der Waals surface area contributed by atoms with Crippen molar-refractivity contribution in [3.63, 3.8) is 0 Å². The minimum absolute atomic E-state index is 0.106. The quantitative estimate of drug-likeness (QED) is 0.942. The fourth-order valence-corrected chi connectivity index (χ4v) is 3.28. The van der Waals surface area contributed by atoms with Crippen molar-refractivity contribution in [2.45, 2.75) is 52.1 Å². The average Bonchev–Trinajstić information content (AvgIpc) is 2.83. The van der Waals surface area contributed by atoms with Crippen molar-refractivity contribution in [1.82, 2.24) is 15.1 Å². The van der Waals surface area contributed by atoms with Crippen LogP contribution >= 0.6 is 0 Å². The van der Waals surface area contributed by atoms with Gasteiger partial charge in [-0.3, -0.25) is 9.48 Å². The van der Waals surface area contributed by atoms with Gasteiger partial charge in [-0.15, -0.1) is 0 Å². The van der Waals surface area contributed by atoms with E-state index in [1.807, 2.05) is 24.6 Å². The molecule has 0 unspecified atom stereocenters. The number of benzene rings is 1. The predicted molar refractivity (Wildman–Crippen MR) is 86.6 cm³/mol. The molecule has 0 bridgehead atoms. The molecule has 116 valence electrons. The van der Waals surface area contributed by atoms with Gasteiger partial charge in [-0.1, -0.05) is 24.3 Å². The lowest BCUT2D eigenvalue weighted by molar-refractivity contribution is -0.122. The zero-order chi connectivity index (χ0) is 15.5. The van der Waals surface area contributed by atoms with Crippen LogP contribution in [0.4, 0.5) is 0 Å². The first kappa shape index (κ1) is 14.8. The Morgan fingerprint density at radius 2 is 2.18 bits per heavy atom. The van der Waals surface area contributed by atoms with E-state index in [-0.39, 0.29) is 11.9 Å². The zero-order valence-corrected chi connectivity index (χ0v) is 13.3. The summed E-state index contributed by atoms with van der Waals surface area (Å²) in [6.45, 7) is 4.64. The van der Waals surface area contributed by atoms with E-state index in [1.54, 1.807) is 0 Å². The van der Waals surface area contributed by atoms with Crippen LogP contribution in [0.5, 0.6) is 0 Å². The zero-order valence-electron chi connectivity index (χ0n) is 13.3. The maximum Gasteiger partial charge on any atom is 0.222 e. The molecule has 1 atom stereocenters. The molecule has 0 radical (unpaired) electrons. The van der Waals surface area contributed by atoms with E-state index in [1.165, 1.54) is 11.1 Å². The SMILES string of the molecule is Cc1cc(C)n(CCC(=O)N[C@H]2CCCc3ccccc32)n1. The van der Waals surface area contributed by atoms with Crippen LogP contribution in [-0.4, -0.2) is 15.7 Å². The minimum atomic E-state index is 0.106. The predicted octanol–water partition coefficient (Wildman–Crippen LogP) is 3.08. The lowest BCUT2D eigenvalue weighted by Crippen LogP contribution is -2.31. The molecule has 1 aliphatic rings. The number of aryl methyl sites for hydroxylation is 4. The molecular formula is C18H23N3O. The maximum absolute atomic E-state index is 12.3. The van der Waals surface area contributed by atoms with Crippen LogP contribution in [0.25, 0.3) is 0 Å². The molecule has 1 N–H and O–H groups in total. The summed E-state index contributed by atoms with van der Waals surface area (Å²) in [6.07, 6.45) is 3.76. The summed E-state index contributed by atoms with van der Waals surface area (Å²) in [6, 6.07) is 10.6. The molecule has 0 fully saturated rings. The van der Waals surface area contributed by atoms with Gasteiger partial charge in [0.15, 0.2) is 0 Å². The fourth-order valence-electron chi connectivity index (χ4n) is 3.28. The first-order chi connectivity index (χ1) is 10.6. The van der Waals surface area contributed by atoms with Gasteiger partial charge in [-0.05, 0) is 50.3 Å². The van der Waals surface area contributed by atoms with E-state index >= 15 is 0 Å². The number of carbonyl (C=O) groups is 1. The number of aromatic nitrogens is 2. The molecule has 0 saturated heterocycles. The number of amides is 1. The summed E-state index contributed by atoms with van der Waals surface area (Å²) < 4.78 is 1.91. The fraction of sp³-hybridized carbons (Fsp3) is 0.444. The van der Waals surface area contributed by atoms with Gasteiger partial charge in [-0.2, -0.15) is 5.10 Å². The highest BCUT2D eigenvalue weighted by atomic mass is 16.1. The van der Waals surface area contributed by atoms with E-state index in [2.05, 4.69) is 34.7 Å². The number of hydrogen-bond acceptors (Lipinski definition) is 2. The number of nitrogens with zero attached hydrogens (tertiary/aromatic N) is 2. The molecule has 1 aromatic carbocycles. The Labute approximate surface area is 131 Å². The van der Waals surface area contributed by atoms with Crippen molar-refractivity contribution in [2.75, 3.05) is 0 Å². The summed E-state index contributed by atoms with van der Waals surface area (Å²) in [7, 11) is 0. The third kappa shape index (κ3) is 3.21. The van der Waals surface area contributed by atoms with E-state index in [9.17, 15) is 4.79 Å². The van der Waals surface area contributed by atoms with Crippen molar-refractivity contribution in [2.24, 2.45) is 0 Å². The Morgan fingerprint density at radius 3 is 2.95 bits per heavy atom. The second-order valence-electron chi connectivity index (χ2n) is 6.11. The van der Waals surface area contributed by atoms with Gasteiger partial charge in [0, 0.05) is 18.7 Å². The van der Waals surface area contributed by atoms with Gasteiger partial charge in [0.2, 0.25) is 5.91 Å². The number of rotatable bonds is 4. The van der Waals surface area contributed by atoms with Gasteiger partial charge in [0.25, 0.3) is 0 Å². The third-order valence-electron chi connectivity index (χ3n) is 4.36. The highest BCUT2D eigenvalue weighted by Crippen LogP contribution is 2.29. The molecule has 0 saturated carbocycles. The lowest BCUT2D eigenvalue weighted by Gasteiger charge is -2.26. The molecule has 1 aromatic heterocycles. The molecule has 1 amide bonds. The van der Waals surface area contributed by atoms with Crippen LogP contribution in [0.3, 0.4) is 0 Å². The topological polar surface area (TPSA) is 46.9 Å². The molecular weight excluding hydrogens is 274 g/mol. The van der Waals surface area contributed by atoms with Crippen molar-refractivity contribution in [3.8, 4) is 0 Å². The first-order valence-electron chi connectivity index (χ1n) is 8.01. The van der Waals surface area contributed by atoms with Gasteiger partial charge in [0.05, 0.1) is 11.7 Å². The molecule has 1 heterocycles. The largest absolute Gasteiger partial charge is 0.349 e. The third-order valence-corrected chi connectivity index (χ3v) is 4.36. The highest BCUT2D eigenvalue weighted by Gasteiger charge is 2.21. The number of carbonyl (C=O) groups excluding carboxylic acids is 1. The van der Waals surface area contributed by atoms with E-state index < -0.39 is 0 Å². The van der Waals surface area contributed by atoms with E-state index in [0.717, 1.165) is 30.7 Å². The van der Waals surface area contributed by atoms with Crippen LogP contribution in [-0.2, 0) is 17.8 Å². The molecule has 0 spiro atoms.